The van der Waals surface area contributed by atoms with Gasteiger partial charge >= 0.3 is 0 Å². The van der Waals surface area contributed by atoms with Crippen LogP contribution in [0.5, 0.6) is 5.75 Å². The molecule has 6 heteroatoms. The van der Waals surface area contributed by atoms with E-state index in [2.05, 4.69) is 4.57 Å². The van der Waals surface area contributed by atoms with Crippen molar-refractivity contribution in [3.63, 3.8) is 0 Å². The summed E-state index contributed by atoms with van der Waals surface area (Å²) >= 11 is 5.95. The minimum Gasteiger partial charge on any atom is -0.491 e. The molecule has 1 fully saturated rings. The lowest BCUT2D eigenvalue weighted by molar-refractivity contribution is 0.0690. The largest absolute Gasteiger partial charge is 0.491 e. The summed E-state index contributed by atoms with van der Waals surface area (Å²) < 4.78 is 22.4. The molecule has 0 unspecified atom stereocenters. The Morgan fingerprint density at radius 3 is 2.85 bits per heavy atom. The van der Waals surface area contributed by atoms with E-state index in [-0.39, 0.29) is 10.9 Å². The van der Waals surface area contributed by atoms with Crippen molar-refractivity contribution in [3.05, 3.63) is 39.9 Å². The molecule has 3 heterocycles. The number of hydrogen-bond donors (Lipinski definition) is 0. The number of fused-ring (bicyclic) bond motifs is 3. The van der Waals surface area contributed by atoms with Crippen LogP contribution in [0.4, 0.5) is 4.39 Å². The van der Waals surface area contributed by atoms with Crippen molar-refractivity contribution in [2.24, 2.45) is 0 Å². The number of rotatable bonds is 2. The zero-order chi connectivity index (χ0) is 18.0. The molecular formula is C20H20ClFN2O2. The normalized spacial score (nSPS) is 19.2. The van der Waals surface area contributed by atoms with Gasteiger partial charge in [0.25, 0.3) is 5.91 Å². The third-order valence-electron chi connectivity index (χ3n) is 5.68. The van der Waals surface area contributed by atoms with E-state index in [0.717, 1.165) is 61.3 Å². The lowest BCUT2D eigenvalue weighted by Gasteiger charge is -2.30. The van der Waals surface area contributed by atoms with Crippen molar-refractivity contribution in [3.8, 4) is 16.9 Å². The highest BCUT2D eigenvalue weighted by Gasteiger charge is 2.41. The van der Waals surface area contributed by atoms with E-state index in [1.165, 1.54) is 6.07 Å². The number of aryl methyl sites for hydroxylation is 1. The molecular weight excluding hydrogens is 355 g/mol. The van der Waals surface area contributed by atoms with E-state index in [1.807, 2.05) is 11.8 Å². The first-order valence-corrected chi connectivity index (χ1v) is 9.59. The molecule has 5 rings (SSSR count). The monoisotopic (exact) mass is 374 g/mol. The molecule has 0 N–H and O–H groups in total. The fraction of sp³-hybridized carbons (Fsp3) is 0.450. The van der Waals surface area contributed by atoms with Gasteiger partial charge in [-0.15, -0.1) is 0 Å². The maximum Gasteiger partial charge on any atom is 0.271 e. The number of amides is 1. The number of hydrogen-bond acceptors (Lipinski definition) is 2. The third kappa shape index (κ3) is 2.29. The number of ether oxygens (including phenoxy) is 1. The Balaban J connectivity index is 1.76. The summed E-state index contributed by atoms with van der Waals surface area (Å²) in [7, 11) is 0. The molecule has 136 valence electrons. The van der Waals surface area contributed by atoms with Gasteiger partial charge in [-0.3, -0.25) is 4.79 Å². The molecule has 2 aliphatic heterocycles. The highest BCUT2D eigenvalue weighted by molar-refractivity contribution is 6.31. The Bertz CT molecular complexity index is 933. The summed E-state index contributed by atoms with van der Waals surface area (Å²) in [6.07, 6.45) is 3.97. The topological polar surface area (TPSA) is 34.5 Å². The minimum absolute atomic E-state index is 0.0431. The average molecular weight is 375 g/mol. The van der Waals surface area contributed by atoms with E-state index >= 15 is 0 Å². The van der Waals surface area contributed by atoms with E-state index in [9.17, 15) is 9.18 Å². The van der Waals surface area contributed by atoms with Crippen LogP contribution in [-0.4, -0.2) is 34.6 Å². The van der Waals surface area contributed by atoms with Crippen molar-refractivity contribution in [1.82, 2.24) is 9.47 Å². The molecule has 0 radical (unpaired) electrons. The van der Waals surface area contributed by atoms with Crippen LogP contribution >= 0.6 is 11.6 Å². The predicted octanol–water partition coefficient (Wildman–Crippen LogP) is 4.20. The Kier molecular flexibility index (Phi) is 3.58. The van der Waals surface area contributed by atoms with Crippen LogP contribution in [-0.2, 0) is 13.0 Å². The second-order valence-corrected chi connectivity index (χ2v) is 7.82. The van der Waals surface area contributed by atoms with Crippen LogP contribution in [0, 0.1) is 12.7 Å². The van der Waals surface area contributed by atoms with Crippen LogP contribution in [0.3, 0.4) is 0 Å². The number of benzene rings is 1. The lowest BCUT2D eigenvalue weighted by atomic mass is 9.97. The summed E-state index contributed by atoms with van der Waals surface area (Å²) in [5, 5.41) is 0.0973. The van der Waals surface area contributed by atoms with Crippen LogP contribution in [0.15, 0.2) is 12.1 Å². The molecule has 0 atom stereocenters. The van der Waals surface area contributed by atoms with Gasteiger partial charge in [0.1, 0.15) is 17.3 Å². The maximum atomic E-state index is 14.3. The summed E-state index contributed by atoms with van der Waals surface area (Å²) in [5.41, 5.74) is 4.01. The molecule has 0 bridgehead atoms. The van der Waals surface area contributed by atoms with Crippen molar-refractivity contribution in [2.75, 3.05) is 13.2 Å². The highest BCUT2D eigenvalue weighted by Crippen LogP contribution is 2.46. The summed E-state index contributed by atoms with van der Waals surface area (Å²) in [6, 6.07) is 3.42. The summed E-state index contributed by atoms with van der Waals surface area (Å²) in [6.45, 7) is 4.04. The third-order valence-corrected chi connectivity index (χ3v) is 5.97. The van der Waals surface area contributed by atoms with Crippen LogP contribution in [0.1, 0.15) is 41.0 Å². The Morgan fingerprint density at radius 2 is 2.08 bits per heavy atom. The molecule has 0 saturated heterocycles. The molecule has 26 heavy (non-hydrogen) atoms. The Morgan fingerprint density at radius 1 is 1.27 bits per heavy atom. The first-order valence-electron chi connectivity index (χ1n) is 9.21. The van der Waals surface area contributed by atoms with Crippen LogP contribution < -0.4 is 4.74 Å². The summed E-state index contributed by atoms with van der Waals surface area (Å²) in [4.78, 5) is 15.3. The van der Waals surface area contributed by atoms with Gasteiger partial charge in [0.05, 0.1) is 22.9 Å². The van der Waals surface area contributed by atoms with Crippen molar-refractivity contribution < 1.29 is 13.9 Å². The molecule has 4 nitrogen and oxygen atoms in total. The zero-order valence-electron chi connectivity index (χ0n) is 14.6. The second kappa shape index (κ2) is 5.74. The predicted molar refractivity (Wildman–Crippen MR) is 97.4 cm³/mol. The van der Waals surface area contributed by atoms with E-state index in [0.29, 0.717) is 23.9 Å². The van der Waals surface area contributed by atoms with Crippen molar-refractivity contribution >= 4 is 17.5 Å². The lowest BCUT2D eigenvalue weighted by Crippen LogP contribution is -2.42. The standard InChI is InChI=1S/C20H20ClFN2O2/c1-11-9-14(21)15(22)10-13(11)17-18-20(25)23(12-4-5-12)6-7-24(18)16-3-2-8-26-19(16)17/h9-10,12H,2-8H2,1H3. The molecule has 0 spiro atoms. The summed E-state index contributed by atoms with van der Waals surface area (Å²) in [5.74, 6) is 0.322. The Hall–Kier alpha value is -2.01. The minimum atomic E-state index is -0.473. The number of carbonyl (C=O) groups excluding carboxylic acids is 1. The fourth-order valence-corrected chi connectivity index (χ4v) is 4.49. The fourth-order valence-electron chi connectivity index (χ4n) is 4.28. The molecule has 1 aromatic heterocycles. The van der Waals surface area contributed by atoms with Gasteiger partial charge in [0, 0.05) is 19.1 Å². The van der Waals surface area contributed by atoms with Crippen LogP contribution in [0.25, 0.3) is 11.1 Å². The van der Waals surface area contributed by atoms with E-state index in [1.54, 1.807) is 6.07 Å². The molecule has 1 aliphatic carbocycles. The van der Waals surface area contributed by atoms with Gasteiger partial charge in [-0.25, -0.2) is 4.39 Å². The second-order valence-electron chi connectivity index (χ2n) is 7.41. The number of nitrogens with zero attached hydrogens (tertiary/aromatic N) is 2. The van der Waals surface area contributed by atoms with Crippen molar-refractivity contribution in [1.29, 1.82) is 0 Å². The number of carbonyl (C=O) groups is 1. The van der Waals surface area contributed by atoms with Gasteiger partial charge in [0.2, 0.25) is 0 Å². The van der Waals surface area contributed by atoms with Crippen LogP contribution in [0.2, 0.25) is 5.02 Å². The van der Waals surface area contributed by atoms with Gasteiger partial charge < -0.3 is 14.2 Å². The molecule has 1 saturated carbocycles. The first-order chi connectivity index (χ1) is 12.6. The average Bonchev–Trinajstić information content (AvgIpc) is 3.41. The van der Waals surface area contributed by atoms with E-state index < -0.39 is 5.82 Å². The van der Waals surface area contributed by atoms with Crippen molar-refractivity contribution in [2.45, 2.75) is 45.2 Å². The SMILES string of the molecule is Cc1cc(Cl)c(F)cc1-c1c2c(n3c1C(=O)N(C1CC1)CC3)CCCO2. The van der Waals surface area contributed by atoms with Gasteiger partial charge in [-0.1, -0.05) is 11.6 Å². The molecule has 1 amide bonds. The molecule has 3 aliphatic rings. The smallest absolute Gasteiger partial charge is 0.271 e. The maximum absolute atomic E-state index is 14.3. The first kappa shape index (κ1) is 16.2. The number of aromatic nitrogens is 1. The zero-order valence-corrected chi connectivity index (χ0v) is 15.4. The van der Waals surface area contributed by atoms with E-state index in [4.69, 9.17) is 16.3 Å². The molecule has 2 aromatic rings. The van der Waals surface area contributed by atoms with Gasteiger partial charge in [0.15, 0.2) is 0 Å². The molecule has 1 aromatic carbocycles. The Labute approximate surface area is 156 Å². The number of halogens is 2. The quantitative estimate of drug-likeness (QED) is 0.789. The van der Waals surface area contributed by atoms with Gasteiger partial charge in [-0.05, 0) is 55.9 Å². The highest BCUT2D eigenvalue weighted by atomic mass is 35.5. The van der Waals surface area contributed by atoms with Gasteiger partial charge in [-0.2, -0.15) is 0 Å².